The maximum Gasteiger partial charge on any atom is 0.332 e. The number of carbonyl (C=O) groups is 1. The van der Waals surface area contributed by atoms with Crippen LogP contribution in [0.1, 0.15) is 36.2 Å². The van der Waals surface area contributed by atoms with E-state index in [4.69, 9.17) is 0 Å². The minimum Gasteiger partial charge on any atom is -0.321 e. The first-order chi connectivity index (χ1) is 15.7. The SMILES string of the molecule is Cn1c(=O)c2ccc(C(=O)Nc3ccc(S(=O)(=O)N4CCCCCC4)cc3)nc2n(C)c1=O. The lowest BCUT2D eigenvalue weighted by Crippen LogP contribution is -2.37. The highest BCUT2D eigenvalue weighted by atomic mass is 32.2. The predicted molar refractivity (Wildman–Crippen MR) is 124 cm³/mol. The third kappa shape index (κ3) is 4.33. The molecule has 0 unspecified atom stereocenters. The molecule has 1 aromatic carbocycles. The summed E-state index contributed by atoms with van der Waals surface area (Å²) in [5, 5.41) is 2.89. The fraction of sp³-hybridized carbons (Fsp3) is 0.364. The zero-order chi connectivity index (χ0) is 23.8. The van der Waals surface area contributed by atoms with Crippen molar-refractivity contribution in [2.75, 3.05) is 18.4 Å². The molecule has 0 saturated carbocycles. The summed E-state index contributed by atoms with van der Waals surface area (Å²) in [6.45, 7) is 1.03. The Morgan fingerprint density at radius 3 is 2.18 bits per heavy atom. The van der Waals surface area contributed by atoms with Crippen molar-refractivity contribution in [2.24, 2.45) is 14.1 Å². The zero-order valence-electron chi connectivity index (χ0n) is 18.4. The summed E-state index contributed by atoms with van der Waals surface area (Å²) in [6.07, 6.45) is 3.76. The van der Waals surface area contributed by atoms with Crippen molar-refractivity contribution < 1.29 is 13.2 Å². The van der Waals surface area contributed by atoms with Gasteiger partial charge in [-0.05, 0) is 49.2 Å². The van der Waals surface area contributed by atoms with E-state index >= 15 is 0 Å². The minimum atomic E-state index is -3.58. The van der Waals surface area contributed by atoms with Gasteiger partial charge in [-0.1, -0.05) is 12.8 Å². The molecule has 0 atom stereocenters. The topological polar surface area (TPSA) is 123 Å². The first-order valence-corrected chi connectivity index (χ1v) is 12.1. The van der Waals surface area contributed by atoms with Crippen molar-refractivity contribution in [3.8, 4) is 0 Å². The highest BCUT2D eigenvalue weighted by Crippen LogP contribution is 2.22. The highest BCUT2D eigenvalue weighted by Gasteiger charge is 2.25. The normalized spacial score (nSPS) is 15.3. The molecule has 11 heteroatoms. The second-order valence-electron chi connectivity index (χ2n) is 8.07. The van der Waals surface area contributed by atoms with Crippen LogP contribution in [0.2, 0.25) is 0 Å². The number of fused-ring (bicyclic) bond motifs is 1. The number of carbonyl (C=O) groups excluding carboxylic acids is 1. The lowest BCUT2D eigenvalue weighted by atomic mass is 10.2. The van der Waals surface area contributed by atoms with Crippen LogP contribution in [-0.4, -0.2) is 45.8 Å². The van der Waals surface area contributed by atoms with Crippen LogP contribution in [-0.2, 0) is 24.1 Å². The van der Waals surface area contributed by atoms with Crippen molar-refractivity contribution in [3.05, 3.63) is 62.9 Å². The number of hydrogen-bond donors (Lipinski definition) is 1. The van der Waals surface area contributed by atoms with E-state index in [0.717, 1.165) is 30.3 Å². The Kier molecular flexibility index (Phi) is 6.17. The molecule has 0 radical (unpaired) electrons. The van der Waals surface area contributed by atoms with E-state index in [0.29, 0.717) is 18.8 Å². The van der Waals surface area contributed by atoms with Gasteiger partial charge in [0.1, 0.15) is 11.3 Å². The van der Waals surface area contributed by atoms with Gasteiger partial charge in [0.25, 0.3) is 11.5 Å². The summed E-state index contributed by atoms with van der Waals surface area (Å²) in [4.78, 5) is 41.5. The molecule has 10 nitrogen and oxygen atoms in total. The highest BCUT2D eigenvalue weighted by molar-refractivity contribution is 7.89. The predicted octanol–water partition coefficient (Wildman–Crippen LogP) is 1.45. The van der Waals surface area contributed by atoms with Gasteiger partial charge in [0.2, 0.25) is 10.0 Å². The lowest BCUT2D eigenvalue weighted by Gasteiger charge is -2.20. The number of amides is 1. The standard InChI is InChI=1S/C22H25N5O5S/c1-25-19-17(21(29)26(2)22(25)30)11-12-18(24-19)20(28)23-15-7-9-16(10-8-15)33(31,32)27-13-5-3-4-6-14-27/h7-12H,3-6,13-14H2,1-2H3,(H,23,28). The number of anilines is 1. The molecule has 1 amide bonds. The number of rotatable bonds is 4. The molecule has 1 fully saturated rings. The molecule has 1 N–H and O–H groups in total. The van der Waals surface area contributed by atoms with E-state index in [1.165, 1.54) is 59.4 Å². The Labute approximate surface area is 190 Å². The molecule has 33 heavy (non-hydrogen) atoms. The van der Waals surface area contributed by atoms with E-state index in [-0.39, 0.29) is 21.6 Å². The van der Waals surface area contributed by atoms with E-state index in [1.54, 1.807) is 0 Å². The summed E-state index contributed by atoms with van der Waals surface area (Å²) in [5.74, 6) is -0.548. The summed E-state index contributed by atoms with van der Waals surface area (Å²) >= 11 is 0. The Morgan fingerprint density at radius 2 is 1.55 bits per heavy atom. The average molecular weight is 472 g/mol. The zero-order valence-corrected chi connectivity index (χ0v) is 19.3. The van der Waals surface area contributed by atoms with E-state index < -0.39 is 27.2 Å². The Bertz CT molecular complexity index is 1430. The summed E-state index contributed by atoms with van der Waals surface area (Å²) in [6, 6.07) is 8.84. The quantitative estimate of drug-likeness (QED) is 0.614. The molecule has 4 rings (SSSR count). The van der Waals surface area contributed by atoms with Crippen LogP contribution in [0.15, 0.2) is 50.9 Å². The number of hydrogen-bond acceptors (Lipinski definition) is 6. The fourth-order valence-electron chi connectivity index (χ4n) is 3.92. The molecular weight excluding hydrogens is 446 g/mol. The summed E-state index contributed by atoms with van der Waals surface area (Å²) < 4.78 is 29.5. The first-order valence-electron chi connectivity index (χ1n) is 10.7. The lowest BCUT2D eigenvalue weighted by molar-refractivity contribution is 0.102. The molecule has 3 heterocycles. The fourth-order valence-corrected chi connectivity index (χ4v) is 5.43. The van der Waals surface area contributed by atoms with Gasteiger partial charge in [-0.2, -0.15) is 4.31 Å². The molecular formula is C22H25N5O5S. The van der Waals surface area contributed by atoms with Gasteiger partial charge in [0.05, 0.1) is 10.3 Å². The summed E-state index contributed by atoms with van der Waals surface area (Å²) in [5.41, 5.74) is -0.510. The summed E-state index contributed by atoms with van der Waals surface area (Å²) in [7, 11) is -0.728. The molecule has 1 saturated heterocycles. The molecule has 0 spiro atoms. The second kappa shape index (κ2) is 8.91. The first kappa shape index (κ1) is 22.9. The van der Waals surface area contributed by atoms with E-state index in [1.807, 2.05) is 0 Å². The minimum absolute atomic E-state index is 0.0204. The third-order valence-electron chi connectivity index (χ3n) is 5.85. The number of benzene rings is 1. The van der Waals surface area contributed by atoms with Crippen LogP contribution in [0.4, 0.5) is 5.69 Å². The second-order valence-corrected chi connectivity index (χ2v) is 10.0. The number of pyridine rings is 1. The number of nitrogens with one attached hydrogen (secondary N) is 1. The van der Waals surface area contributed by atoms with Gasteiger partial charge in [-0.25, -0.2) is 18.2 Å². The smallest absolute Gasteiger partial charge is 0.321 e. The van der Waals surface area contributed by atoms with Crippen molar-refractivity contribution in [2.45, 2.75) is 30.6 Å². The van der Waals surface area contributed by atoms with Crippen LogP contribution in [0.3, 0.4) is 0 Å². The van der Waals surface area contributed by atoms with Gasteiger partial charge in [-0.15, -0.1) is 0 Å². The van der Waals surface area contributed by atoms with E-state index in [2.05, 4.69) is 10.3 Å². The van der Waals surface area contributed by atoms with Gasteiger partial charge >= 0.3 is 5.69 Å². The maximum absolute atomic E-state index is 12.9. The number of nitrogens with zero attached hydrogens (tertiary/aromatic N) is 4. The van der Waals surface area contributed by atoms with Crippen molar-refractivity contribution in [1.29, 1.82) is 0 Å². The van der Waals surface area contributed by atoms with Crippen LogP contribution >= 0.6 is 0 Å². The van der Waals surface area contributed by atoms with Gasteiger partial charge < -0.3 is 5.32 Å². The molecule has 2 aromatic heterocycles. The van der Waals surface area contributed by atoms with Crippen LogP contribution in [0.5, 0.6) is 0 Å². The molecule has 0 aliphatic carbocycles. The monoisotopic (exact) mass is 471 g/mol. The van der Waals surface area contributed by atoms with Crippen molar-refractivity contribution >= 4 is 32.7 Å². The molecule has 0 bridgehead atoms. The molecule has 174 valence electrons. The molecule has 1 aliphatic heterocycles. The van der Waals surface area contributed by atoms with Crippen LogP contribution < -0.4 is 16.6 Å². The maximum atomic E-state index is 12.9. The Morgan fingerprint density at radius 1 is 0.909 bits per heavy atom. The number of aryl methyl sites for hydroxylation is 1. The van der Waals surface area contributed by atoms with Gasteiger partial charge in [0.15, 0.2) is 0 Å². The Balaban J connectivity index is 1.56. The van der Waals surface area contributed by atoms with Crippen molar-refractivity contribution in [3.63, 3.8) is 0 Å². The van der Waals surface area contributed by atoms with Crippen LogP contribution in [0, 0.1) is 0 Å². The average Bonchev–Trinajstić information content (AvgIpc) is 3.11. The molecule has 1 aliphatic rings. The largest absolute Gasteiger partial charge is 0.332 e. The number of sulfonamides is 1. The van der Waals surface area contributed by atoms with Crippen LogP contribution in [0.25, 0.3) is 11.0 Å². The molecule has 3 aromatic rings. The number of aromatic nitrogens is 3. The third-order valence-corrected chi connectivity index (χ3v) is 7.76. The van der Waals surface area contributed by atoms with E-state index in [9.17, 15) is 22.8 Å². The van der Waals surface area contributed by atoms with Gasteiger partial charge in [0, 0.05) is 32.9 Å². The van der Waals surface area contributed by atoms with Gasteiger partial charge in [-0.3, -0.25) is 18.7 Å². The Hall–Kier alpha value is -3.31. The van der Waals surface area contributed by atoms with Crippen molar-refractivity contribution in [1.82, 2.24) is 18.4 Å².